The number of allylic oxidation sites excluding steroid dienone is 2. The van der Waals surface area contributed by atoms with E-state index in [1.807, 2.05) is 0 Å². The van der Waals surface area contributed by atoms with E-state index in [4.69, 9.17) is 4.74 Å². The molecule has 128 valence electrons. The molecule has 0 saturated carbocycles. The van der Waals surface area contributed by atoms with E-state index in [2.05, 4.69) is 4.98 Å². The molecule has 2 rings (SSSR count). The van der Waals surface area contributed by atoms with Gasteiger partial charge in [0.05, 0.1) is 23.4 Å². The largest absolute Gasteiger partial charge is 0.478 e. The number of carboxylic acid groups (broad SMARTS) is 1. The highest BCUT2D eigenvalue weighted by Gasteiger charge is 2.14. The summed E-state index contributed by atoms with van der Waals surface area (Å²) in [4.78, 5) is 27.0. The molecule has 2 aromatic rings. The maximum absolute atomic E-state index is 12.8. The van der Waals surface area contributed by atoms with Gasteiger partial charge in [-0.2, -0.15) is 0 Å². The summed E-state index contributed by atoms with van der Waals surface area (Å²) in [6, 6.07) is 7.17. The van der Waals surface area contributed by atoms with Crippen molar-refractivity contribution in [1.82, 2.24) is 4.98 Å². The second-order valence-electron chi connectivity index (χ2n) is 4.95. The summed E-state index contributed by atoms with van der Waals surface area (Å²) in [7, 11) is 0. The molecule has 1 aromatic heterocycles. The number of aromatic nitrogens is 1. The van der Waals surface area contributed by atoms with Gasteiger partial charge in [0, 0.05) is 6.20 Å². The van der Waals surface area contributed by atoms with Gasteiger partial charge in [0.2, 0.25) is 0 Å². The highest BCUT2D eigenvalue weighted by molar-refractivity contribution is 5.96. The summed E-state index contributed by atoms with van der Waals surface area (Å²) >= 11 is 0. The molecule has 1 heterocycles. The molecule has 1 aromatic carbocycles. The lowest BCUT2D eigenvalue weighted by Gasteiger charge is -2.04. The van der Waals surface area contributed by atoms with Gasteiger partial charge in [-0.3, -0.25) is 4.98 Å². The van der Waals surface area contributed by atoms with Crippen LogP contribution < -0.4 is 0 Å². The average molecular weight is 341 g/mol. The molecule has 0 aliphatic rings. The number of carbonyl (C=O) groups excluding carboxylic acids is 1. The summed E-state index contributed by atoms with van der Waals surface area (Å²) in [5.74, 6) is -2.13. The Labute approximate surface area is 144 Å². The monoisotopic (exact) mass is 341 g/mol. The van der Waals surface area contributed by atoms with E-state index in [9.17, 15) is 19.1 Å². The molecular formula is C19H16FNO4. The minimum absolute atomic E-state index is 0.0817. The molecule has 0 radical (unpaired) electrons. The molecule has 0 spiro atoms. The normalized spacial score (nSPS) is 11.1. The lowest BCUT2D eigenvalue weighted by Crippen LogP contribution is -2.09. The standard InChI is InChI=1S/C19H16FNO4/c1-2-25-19(24)14-11-16(18(22)23)17(21-12-14)6-4-3-5-13-7-9-15(20)10-8-13/h3-12H,2H2,1H3,(H,22,23). The van der Waals surface area contributed by atoms with Crippen molar-refractivity contribution in [3.63, 3.8) is 0 Å². The minimum Gasteiger partial charge on any atom is -0.478 e. The van der Waals surface area contributed by atoms with Gasteiger partial charge < -0.3 is 9.84 Å². The number of hydrogen-bond acceptors (Lipinski definition) is 4. The van der Waals surface area contributed by atoms with Gasteiger partial charge in [-0.05, 0) is 36.8 Å². The topological polar surface area (TPSA) is 76.5 Å². The van der Waals surface area contributed by atoms with Crippen LogP contribution >= 0.6 is 0 Å². The summed E-state index contributed by atoms with van der Waals surface area (Å²) in [5.41, 5.74) is 0.995. The van der Waals surface area contributed by atoms with Crippen LogP contribution in [0, 0.1) is 5.82 Å². The summed E-state index contributed by atoms with van der Waals surface area (Å²) in [6.45, 7) is 1.85. The van der Waals surface area contributed by atoms with E-state index < -0.39 is 11.9 Å². The van der Waals surface area contributed by atoms with Crippen molar-refractivity contribution in [2.75, 3.05) is 6.61 Å². The van der Waals surface area contributed by atoms with E-state index in [0.717, 1.165) is 5.56 Å². The number of carbonyl (C=O) groups is 2. The predicted molar refractivity (Wildman–Crippen MR) is 91.6 cm³/mol. The molecule has 0 fully saturated rings. The second kappa shape index (κ2) is 8.54. The minimum atomic E-state index is -1.19. The number of aromatic carboxylic acids is 1. The van der Waals surface area contributed by atoms with Crippen molar-refractivity contribution in [3.05, 3.63) is 76.9 Å². The first-order chi connectivity index (χ1) is 12.0. The summed E-state index contributed by atoms with van der Waals surface area (Å²) in [5, 5.41) is 9.28. The Hall–Kier alpha value is -3.28. The van der Waals surface area contributed by atoms with Gasteiger partial charge in [-0.15, -0.1) is 0 Å². The van der Waals surface area contributed by atoms with E-state index in [0.29, 0.717) is 0 Å². The van der Waals surface area contributed by atoms with Crippen molar-refractivity contribution in [2.24, 2.45) is 0 Å². The number of ether oxygens (including phenoxy) is 1. The number of nitrogens with zero attached hydrogens (tertiary/aromatic N) is 1. The molecule has 0 unspecified atom stereocenters. The Balaban J connectivity index is 2.18. The highest BCUT2D eigenvalue weighted by Crippen LogP contribution is 2.13. The maximum Gasteiger partial charge on any atom is 0.339 e. The van der Waals surface area contributed by atoms with Gasteiger partial charge in [-0.25, -0.2) is 14.0 Å². The first-order valence-corrected chi connectivity index (χ1v) is 7.52. The zero-order valence-electron chi connectivity index (χ0n) is 13.5. The fourth-order valence-corrected chi connectivity index (χ4v) is 1.99. The molecule has 0 amide bonds. The van der Waals surface area contributed by atoms with Gasteiger partial charge in [-0.1, -0.05) is 30.4 Å². The Morgan fingerprint density at radius 2 is 1.88 bits per heavy atom. The molecule has 5 nitrogen and oxygen atoms in total. The molecule has 0 bridgehead atoms. The fourth-order valence-electron chi connectivity index (χ4n) is 1.99. The van der Waals surface area contributed by atoms with Crippen molar-refractivity contribution in [2.45, 2.75) is 6.92 Å². The number of pyridine rings is 1. The van der Waals surface area contributed by atoms with Crippen LogP contribution in [0.3, 0.4) is 0 Å². The Bertz CT molecular complexity index is 826. The first-order valence-electron chi connectivity index (χ1n) is 7.52. The van der Waals surface area contributed by atoms with Crippen LogP contribution in [0.1, 0.15) is 38.9 Å². The van der Waals surface area contributed by atoms with Crippen LogP contribution in [-0.4, -0.2) is 28.6 Å². The fraction of sp³-hybridized carbons (Fsp3) is 0.105. The quantitative estimate of drug-likeness (QED) is 0.638. The molecule has 1 N–H and O–H groups in total. The summed E-state index contributed by atoms with van der Waals surface area (Å²) < 4.78 is 17.7. The lowest BCUT2D eigenvalue weighted by atomic mass is 10.1. The Kier molecular flexibility index (Phi) is 6.17. The molecule has 25 heavy (non-hydrogen) atoms. The van der Waals surface area contributed by atoms with Crippen LogP contribution in [-0.2, 0) is 4.74 Å². The number of hydrogen-bond donors (Lipinski definition) is 1. The van der Waals surface area contributed by atoms with Gasteiger partial charge >= 0.3 is 11.9 Å². The SMILES string of the molecule is CCOC(=O)c1cnc(C=CC=Cc2ccc(F)cc2)c(C(=O)O)c1. The molecule has 0 aliphatic heterocycles. The molecule has 0 saturated heterocycles. The second-order valence-corrected chi connectivity index (χ2v) is 4.95. The van der Waals surface area contributed by atoms with E-state index in [1.165, 1.54) is 30.5 Å². The third kappa shape index (κ3) is 5.10. The van der Waals surface area contributed by atoms with Crippen LogP contribution in [0.2, 0.25) is 0 Å². The zero-order chi connectivity index (χ0) is 18.2. The van der Waals surface area contributed by atoms with Crippen molar-refractivity contribution < 1.29 is 23.8 Å². The predicted octanol–water partition coefficient (Wildman–Crippen LogP) is 3.82. The van der Waals surface area contributed by atoms with Crippen molar-refractivity contribution >= 4 is 24.1 Å². The Morgan fingerprint density at radius 3 is 2.52 bits per heavy atom. The average Bonchev–Trinajstić information content (AvgIpc) is 2.60. The summed E-state index contributed by atoms with van der Waals surface area (Å²) in [6.07, 6.45) is 7.82. The van der Waals surface area contributed by atoms with Crippen molar-refractivity contribution in [1.29, 1.82) is 0 Å². The lowest BCUT2D eigenvalue weighted by molar-refractivity contribution is 0.0526. The van der Waals surface area contributed by atoms with Crippen LogP contribution in [0.25, 0.3) is 12.2 Å². The van der Waals surface area contributed by atoms with E-state index >= 15 is 0 Å². The molecular weight excluding hydrogens is 325 g/mol. The Morgan fingerprint density at radius 1 is 1.20 bits per heavy atom. The zero-order valence-corrected chi connectivity index (χ0v) is 13.5. The number of halogens is 1. The third-order valence-electron chi connectivity index (χ3n) is 3.18. The van der Waals surface area contributed by atoms with E-state index in [1.54, 1.807) is 37.3 Å². The van der Waals surface area contributed by atoms with Gasteiger partial charge in [0.1, 0.15) is 5.82 Å². The van der Waals surface area contributed by atoms with E-state index in [-0.39, 0.29) is 29.2 Å². The number of esters is 1. The molecule has 0 aliphatic carbocycles. The number of benzene rings is 1. The third-order valence-corrected chi connectivity index (χ3v) is 3.18. The van der Waals surface area contributed by atoms with Crippen molar-refractivity contribution in [3.8, 4) is 0 Å². The molecule has 6 heteroatoms. The molecule has 0 atom stereocenters. The smallest absolute Gasteiger partial charge is 0.339 e. The number of carboxylic acids is 1. The van der Waals surface area contributed by atoms with Gasteiger partial charge in [0.25, 0.3) is 0 Å². The van der Waals surface area contributed by atoms with Crippen LogP contribution in [0.5, 0.6) is 0 Å². The number of rotatable bonds is 6. The highest BCUT2D eigenvalue weighted by atomic mass is 19.1. The van der Waals surface area contributed by atoms with Crippen LogP contribution in [0.15, 0.2) is 48.7 Å². The first kappa shape index (κ1) is 18.1. The van der Waals surface area contributed by atoms with Crippen LogP contribution in [0.4, 0.5) is 4.39 Å². The maximum atomic E-state index is 12.8. The van der Waals surface area contributed by atoms with Gasteiger partial charge in [0.15, 0.2) is 0 Å².